The Labute approximate surface area is 122 Å². The van der Waals surface area contributed by atoms with Crippen molar-refractivity contribution in [3.8, 4) is 12.3 Å². The maximum Gasteiger partial charge on any atom is 0.331 e. The van der Waals surface area contributed by atoms with Crippen molar-refractivity contribution in [2.24, 2.45) is 0 Å². The molecule has 1 aromatic rings. The number of carbonyl (C=O) groups is 2. The van der Waals surface area contributed by atoms with Crippen LogP contribution in [0.15, 0.2) is 24.3 Å². The maximum absolute atomic E-state index is 11.6. The molecule has 0 aliphatic carbocycles. The first-order chi connectivity index (χ1) is 9.56. The predicted molar refractivity (Wildman–Crippen MR) is 76.4 cm³/mol. The molecule has 0 aliphatic heterocycles. The Kier molecular flexibility index (Phi) is 6.41. The fourth-order valence-corrected chi connectivity index (χ4v) is 1.80. The molecule has 20 heavy (non-hydrogen) atoms. The van der Waals surface area contributed by atoms with Crippen LogP contribution in [0.2, 0.25) is 5.02 Å². The van der Waals surface area contributed by atoms with Gasteiger partial charge in [-0.3, -0.25) is 0 Å². The molecule has 5 nitrogen and oxygen atoms in total. The summed E-state index contributed by atoms with van der Waals surface area (Å²) in [6.07, 6.45) is 6.27. The zero-order valence-electron chi connectivity index (χ0n) is 10.7. The molecule has 1 aromatic carbocycles. The summed E-state index contributed by atoms with van der Waals surface area (Å²) in [7, 11) is 0. The van der Waals surface area contributed by atoms with Gasteiger partial charge >= 0.3 is 12.0 Å². The van der Waals surface area contributed by atoms with E-state index in [4.69, 9.17) is 18.0 Å². The SMILES string of the molecule is C#CCCCNC(=O)N[C@@H](C(=O)O)c1ccccc1Cl. The first-order valence-electron chi connectivity index (χ1n) is 6.01. The number of hydrogen-bond donors (Lipinski definition) is 3. The highest BCUT2D eigenvalue weighted by Crippen LogP contribution is 2.22. The molecule has 0 fully saturated rings. The summed E-state index contributed by atoms with van der Waals surface area (Å²) in [4.78, 5) is 22.9. The molecule has 0 aliphatic rings. The molecule has 2 amide bonds. The number of terminal acetylenes is 1. The van der Waals surface area contributed by atoms with Crippen molar-refractivity contribution in [1.29, 1.82) is 0 Å². The summed E-state index contributed by atoms with van der Waals surface area (Å²) < 4.78 is 0. The highest BCUT2D eigenvalue weighted by atomic mass is 35.5. The van der Waals surface area contributed by atoms with Crippen LogP contribution in [-0.4, -0.2) is 23.7 Å². The Morgan fingerprint density at radius 1 is 1.40 bits per heavy atom. The van der Waals surface area contributed by atoms with Crippen LogP contribution in [0, 0.1) is 12.3 Å². The summed E-state index contributed by atoms with van der Waals surface area (Å²) in [5.74, 6) is 1.27. The third-order valence-electron chi connectivity index (χ3n) is 2.52. The number of carboxylic acid groups (broad SMARTS) is 1. The van der Waals surface area contributed by atoms with Crippen LogP contribution in [0.4, 0.5) is 4.79 Å². The van der Waals surface area contributed by atoms with E-state index in [-0.39, 0.29) is 5.02 Å². The van der Waals surface area contributed by atoms with Gasteiger partial charge in [0.25, 0.3) is 0 Å². The number of halogens is 1. The number of nitrogens with one attached hydrogen (secondary N) is 2. The van der Waals surface area contributed by atoms with Gasteiger partial charge in [-0.05, 0) is 12.5 Å². The summed E-state index contributed by atoms with van der Waals surface area (Å²) in [5, 5.41) is 14.4. The highest BCUT2D eigenvalue weighted by molar-refractivity contribution is 6.31. The lowest BCUT2D eigenvalue weighted by atomic mass is 10.1. The number of hydrogen-bond acceptors (Lipinski definition) is 2. The van der Waals surface area contributed by atoms with Gasteiger partial charge < -0.3 is 15.7 Å². The highest BCUT2D eigenvalue weighted by Gasteiger charge is 2.23. The number of urea groups is 1. The third kappa shape index (κ3) is 4.82. The molecule has 6 heteroatoms. The van der Waals surface area contributed by atoms with Gasteiger partial charge in [0.1, 0.15) is 0 Å². The number of rotatable bonds is 6. The fourth-order valence-electron chi connectivity index (χ4n) is 1.56. The van der Waals surface area contributed by atoms with E-state index in [0.29, 0.717) is 24.9 Å². The van der Waals surface area contributed by atoms with E-state index >= 15 is 0 Å². The lowest BCUT2D eigenvalue weighted by molar-refractivity contribution is -0.139. The second-order valence-corrected chi connectivity index (χ2v) is 4.41. The Bertz CT molecular complexity index is 525. The molecule has 0 heterocycles. The van der Waals surface area contributed by atoms with Crippen LogP contribution in [0.5, 0.6) is 0 Å². The van der Waals surface area contributed by atoms with E-state index in [2.05, 4.69) is 16.6 Å². The largest absolute Gasteiger partial charge is 0.479 e. The zero-order chi connectivity index (χ0) is 15.0. The first kappa shape index (κ1) is 15.9. The molecule has 0 unspecified atom stereocenters. The molecule has 1 atom stereocenters. The Balaban J connectivity index is 2.65. The average molecular weight is 295 g/mol. The number of carbonyl (C=O) groups excluding carboxylic acids is 1. The summed E-state index contributed by atoms with van der Waals surface area (Å²) in [6, 6.07) is 4.69. The lowest BCUT2D eigenvalue weighted by Gasteiger charge is -2.16. The monoisotopic (exact) mass is 294 g/mol. The van der Waals surface area contributed by atoms with Gasteiger partial charge in [-0.1, -0.05) is 29.8 Å². The quantitative estimate of drug-likeness (QED) is 0.556. The van der Waals surface area contributed by atoms with Gasteiger partial charge in [0.2, 0.25) is 0 Å². The molecule has 0 bridgehead atoms. The standard InChI is InChI=1S/C14H15ClN2O3/c1-2-3-6-9-16-14(20)17-12(13(18)19)10-7-4-5-8-11(10)15/h1,4-5,7-8,12H,3,6,9H2,(H,18,19)(H2,16,17,20)/t12-/m1/s1. The normalized spacial score (nSPS) is 11.2. The van der Waals surface area contributed by atoms with E-state index in [1.54, 1.807) is 24.3 Å². The Morgan fingerprint density at radius 2 is 2.10 bits per heavy atom. The first-order valence-corrected chi connectivity index (χ1v) is 6.39. The maximum atomic E-state index is 11.6. The molecule has 1 rings (SSSR count). The van der Waals surface area contributed by atoms with Crippen LogP contribution in [0.3, 0.4) is 0 Å². The fraction of sp³-hybridized carbons (Fsp3) is 0.286. The third-order valence-corrected chi connectivity index (χ3v) is 2.87. The van der Waals surface area contributed by atoms with Crippen molar-refractivity contribution < 1.29 is 14.7 Å². The van der Waals surface area contributed by atoms with E-state index in [0.717, 1.165) is 0 Å². The molecule has 0 radical (unpaired) electrons. The number of aliphatic carboxylic acids is 1. The summed E-state index contributed by atoms with van der Waals surface area (Å²) in [6.45, 7) is 0.380. The minimum Gasteiger partial charge on any atom is -0.479 e. The van der Waals surface area contributed by atoms with Crippen molar-refractivity contribution in [3.63, 3.8) is 0 Å². The molecule has 0 spiro atoms. The molecular weight excluding hydrogens is 280 g/mol. The number of amides is 2. The molecule has 3 N–H and O–H groups in total. The van der Waals surface area contributed by atoms with E-state index in [9.17, 15) is 14.7 Å². The molecule has 0 aromatic heterocycles. The molecule has 0 saturated heterocycles. The number of carboxylic acids is 1. The van der Waals surface area contributed by atoms with Crippen molar-refractivity contribution in [1.82, 2.24) is 10.6 Å². The minimum absolute atomic E-state index is 0.285. The van der Waals surface area contributed by atoms with Crippen LogP contribution >= 0.6 is 11.6 Å². The predicted octanol–water partition coefficient (Wildman–Crippen LogP) is 2.18. The van der Waals surface area contributed by atoms with E-state index in [1.807, 2.05) is 0 Å². The van der Waals surface area contributed by atoms with Crippen LogP contribution in [-0.2, 0) is 4.79 Å². The van der Waals surface area contributed by atoms with Crippen molar-refractivity contribution >= 4 is 23.6 Å². The van der Waals surface area contributed by atoms with Crippen LogP contribution in [0.25, 0.3) is 0 Å². The second-order valence-electron chi connectivity index (χ2n) is 4.00. The van der Waals surface area contributed by atoms with Crippen LogP contribution < -0.4 is 10.6 Å². The molecular formula is C14H15ClN2O3. The Morgan fingerprint density at radius 3 is 2.70 bits per heavy atom. The van der Waals surface area contributed by atoms with Gasteiger partial charge in [0.15, 0.2) is 6.04 Å². The van der Waals surface area contributed by atoms with Gasteiger partial charge in [-0.15, -0.1) is 12.3 Å². The minimum atomic E-state index is -1.20. The van der Waals surface area contributed by atoms with E-state index < -0.39 is 18.0 Å². The molecule has 106 valence electrons. The number of benzene rings is 1. The lowest BCUT2D eigenvalue weighted by Crippen LogP contribution is -2.41. The van der Waals surface area contributed by atoms with Crippen molar-refractivity contribution in [2.75, 3.05) is 6.54 Å². The van der Waals surface area contributed by atoms with Gasteiger partial charge in [0, 0.05) is 23.6 Å². The average Bonchev–Trinajstić information content (AvgIpc) is 2.42. The summed E-state index contributed by atoms with van der Waals surface area (Å²) in [5.41, 5.74) is 0.334. The van der Waals surface area contributed by atoms with Crippen molar-refractivity contribution in [3.05, 3.63) is 34.9 Å². The van der Waals surface area contributed by atoms with Gasteiger partial charge in [0.05, 0.1) is 0 Å². The summed E-state index contributed by atoms with van der Waals surface area (Å²) >= 11 is 5.93. The smallest absolute Gasteiger partial charge is 0.331 e. The van der Waals surface area contributed by atoms with Gasteiger partial charge in [-0.25, -0.2) is 9.59 Å². The second kappa shape index (κ2) is 8.08. The van der Waals surface area contributed by atoms with E-state index in [1.165, 1.54) is 0 Å². The zero-order valence-corrected chi connectivity index (χ0v) is 11.5. The topological polar surface area (TPSA) is 78.4 Å². The van der Waals surface area contributed by atoms with Crippen LogP contribution in [0.1, 0.15) is 24.4 Å². The van der Waals surface area contributed by atoms with Gasteiger partial charge in [-0.2, -0.15) is 0 Å². The number of unbranched alkanes of at least 4 members (excludes halogenated alkanes) is 1. The van der Waals surface area contributed by atoms with Crippen molar-refractivity contribution in [2.45, 2.75) is 18.9 Å². The Hall–Kier alpha value is -2.19. The molecule has 0 saturated carbocycles.